The summed E-state index contributed by atoms with van der Waals surface area (Å²) in [5, 5.41) is 6.53. The number of piperidine rings is 1. The molecule has 2 amide bonds. The van der Waals surface area contributed by atoms with Crippen molar-refractivity contribution in [3.8, 4) is 0 Å². The lowest BCUT2D eigenvalue weighted by atomic mass is 9.93. The van der Waals surface area contributed by atoms with Crippen molar-refractivity contribution in [2.24, 2.45) is 5.92 Å². The summed E-state index contributed by atoms with van der Waals surface area (Å²) in [6.07, 6.45) is 5.32. The zero-order chi connectivity index (χ0) is 22.4. The van der Waals surface area contributed by atoms with Gasteiger partial charge in [0.2, 0.25) is 5.91 Å². The van der Waals surface area contributed by atoms with Gasteiger partial charge in [-0.2, -0.15) is 0 Å². The van der Waals surface area contributed by atoms with E-state index in [1.807, 2.05) is 0 Å². The number of aromatic nitrogens is 1. The van der Waals surface area contributed by atoms with E-state index in [9.17, 15) is 9.59 Å². The lowest BCUT2D eigenvalue weighted by Gasteiger charge is -2.36. The SMILES string of the molecule is CCC(CC)N1CCC(C(=O)Nc2ccc(Cl)cc2C(=O)Nc2ccc(Cl)cn2)CC1. The molecule has 0 radical (unpaired) electrons. The number of benzene rings is 1. The number of hydrogen-bond acceptors (Lipinski definition) is 4. The first kappa shape index (κ1) is 23.5. The van der Waals surface area contributed by atoms with Crippen LogP contribution in [0.15, 0.2) is 36.5 Å². The molecule has 2 aromatic rings. The first-order valence-electron chi connectivity index (χ1n) is 10.7. The lowest BCUT2D eigenvalue weighted by molar-refractivity contribution is -0.121. The molecule has 0 unspecified atom stereocenters. The Morgan fingerprint density at radius 2 is 1.74 bits per heavy atom. The van der Waals surface area contributed by atoms with E-state index in [2.05, 4.69) is 34.4 Å². The Hall–Kier alpha value is -2.15. The van der Waals surface area contributed by atoms with Crippen molar-refractivity contribution in [2.75, 3.05) is 23.7 Å². The molecule has 6 nitrogen and oxygen atoms in total. The van der Waals surface area contributed by atoms with Gasteiger partial charge in [0.1, 0.15) is 5.82 Å². The van der Waals surface area contributed by atoms with Crippen LogP contribution in [0.1, 0.15) is 49.9 Å². The average molecular weight is 463 g/mol. The summed E-state index contributed by atoms with van der Waals surface area (Å²) in [5.41, 5.74) is 0.718. The third kappa shape index (κ3) is 6.19. The Labute approximate surface area is 193 Å². The molecular weight excluding hydrogens is 435 g/mol. The fraction of sp³-hybridized carbons (Fsp3) is 0.435. The largest absolute Gasteiger partial charge is 0.325 e. The first-order chi connectivity index (χ1) is 14.9. The molecule has 1 saturated heterocycles. The summed E-state index contributed by atoms with van der Waals surface area (Å²) in [4.78, 5) is 32.3. The Morgan fingerprint density at radius 1 is 1.06 bits per heavy atom. The number of nitrogens with one attached hydrogen (secondary N) is 2. The van der Waals surface area contributed by atoms with E-state index >= 15 is 0 Å². The smallest absolute Gasteiger partial charge is 0.258 e. The minimum absolute atomic E-state index is 0.0646. The number of nitrogens with zero attached hydrogens (tertiary/aromatic N) is 2. The van der Waals surface area contributed by atoms with Gasteiger partial charge in [0.05, 0.1) is 16.3 Å². The van der Waals surface area contributed by atoms with Crippen LogP contribution in [0.5, 0.6) is 0 Å². The number of carbonyl (C=O) groups is 2. The normalized spacial score (nSPS) is 15.1. The van der Waals surface area contributed by atoms with Gasteiger partial charge in [0.15, 0.2) is 0 Å². The van der Waals surface area contributed by atoms with Gasteiger partial charge in [0, 0.05) is 23.2 Å². The summed E-state index contributed by atoms with van der Waals surface area (Å²) in [6, 6.07) is 8.68. The molecule has 31 heavy (non-hydrogen) atoms. The molecule has 2 heterocycles. The van der Waals surface area contributed by atoms with Crippen LogP contribution in [0.2, 0.25) is 10.0 Å². The highest BCUT2D eigenvalue weighted by atomic mass is 35.5. The highest BCUT2D eigenvalue weighted by Crippen LogP contribution is 2.26. The number of anilines is 2. The molecule has 3 rings (SSSR count). The maximum Gasteiger partial charge on any atom is 0.258 e. The predicted molar refractivity (Wildman–Crippen MR) is 126 cm³/mol. The number of carbonyl (C=O) groups excluding carboxylic acids is 2. The minimum atomic E-state index is -0.406. The van der Waals surface area contributed by atoms with Crippen LogP contribution >= 0.6 is 23.2 Å². The second-order valence-electron chi connectivity index (χ2n) is 7.78. The standard InChI is InChI=1S/C23H28Cl2N4O2/c1-3-18(4-2)29-11-9-15(10-12-29)22(30)27-20-7-5-16(24)13-19(20)23(31)28-21-8-6-17(25)14-26-21/h5-8,13-15,18H,3-4,9-12H2,1-2H3,(H,27,30)(H,26,28,31). The molecule has 1 aromatic heterocycles. The molecule has 1 aromatic carbocycles. The van der Waals surface area contributed by atoms with Crippen molar-refractivity contribution in [2.45, 2.75) is 45.6 Å². The molecule has 0 bridgehead atoms. The zero-order valence-electron chi connectivity index (χ0n) is 17.8. The monoisotopic (exact) mass is 462 g/mol. The number of likely N-dealkylation sites (tertiary alicyclic amines) is 1. The van der Waals surface area contributed by atoms with Gasteiger partial charge < -0.3 is 15.5 Å². The van der Waals surface area contributed by atoms with Gasteiger partial charge in [-0.05, 0) is 69.1 Å². The van der Waals surface area contributed by atoms with Crippen LogP contribution in [0.25, 0.3) is 0 Å². The summed E-state index contributed by atoms with van der Waals surface area (Å²) >= 11 is 12.0. The van der Waals surface area contributed by atoms with Crippen molar-refractivity contribution in [3.63, 3.8) is 0 Å². The fourth-order valence-electron chi connectivity index (χ4n) is 4.01. The average Bonchev–Trinajstić information content (AvgIpc) is 2.77. The van der Waals surface area contributed by atoms with Crippen LogP contribution in [0, 0.1) is 5.92 Å². The van der Waals surface area contributed by atoms with E-state index in [1.54, 1.807) is 24.3 Å². The number of amides is 2. The molecule has 1 fully saturated rings. The van der Waals surface area contributed by atoms with E-state index in [1.165, 1.54) is 12.3 Å². The molecule has 0 saturated carbocycles. The zero-order valence-corrected chi connectivity index (χ0v) is 19.3. The maximum atomic E-state index is 12.9. The topological polar surface area (TPSA) is 74.3 Å². The van der Waals surface area contributed by atoms with Crippen molar-refractivity contribution in [3.05, 3.63) is 52.1 Å². The third-order valence-electron chi connectivity index (χ3n) is 5.81. The van der Waals surface area contributed by atoms with E-state index in [4.69, 9.17) is 23.2 Å². The van der Waals surface area contributed by atoms with Crippen molar-refractivity contribution in [1.29, 1.82) is 0 Å². The molecule has 0 aliphatic carbocycles. The second-order valence-corrected chi connectivity index (χ2v) is 8.65. The molecular formula is C23H28Cl2N4O2. The Balaban J connectivity index is 1.67. The van der Waals surface area contributed by atoms with Crippen molar-refractivity contribution in [1.82, 2.24) is 9.88 Å². The van der Waals surface area contributed by atoms with Gasteiger partial charge in [-0.15, -0.1) is 0 Å². The Morgan fingerprint density at radius 3 is 2.35 bits per heavy atom. The summed E-state index contributed by atoms with van der Waals surface area (Å²) < 4.78 is 0. The summed E-state index contributed by atoms with van der Waals surface area (Å²) in [6.45, 7) is 6.25. The second kappa shape index (κ2) is 10.9. The molecule has 1 aliphatic heterocycles. The summed E-state index contributed by atoms with van der Waals surface area (Å²) in [7, 11) is 0. The highest BCUT2D eigenvalue weighted by Gasteiger charge is 2.28. The van der Waals surface area contributed by atoms with E-state index in [0.29, 0.717) is 27.6 Å². The van der Waals surface area contributed by atoms with Crippen LogP contribution in [-0.4, -0.2) is 40.8 Å². The number of halogens is 2. The molecule has 0 spiro atoms. The van der Waals surface area contributed by atoms with Gasteiger partial charge in [0.25, 0.3) is 5.91 Å². The van der Waals surface area contributed by atoms with Gasteiger partial charge in [-0.1, -0.05) is 37.0 Å². The highest BCUT2D eigenvalue weighted by molar-refractivity contribution is 6.31. The number of hydrogen-bond donors (Lipinski definition) is 2. The lowest BCUT2D eigenvalue weighted by Crippen LogP contribution is -2.43. The molecule has 0 atom stereocenters. The van der Waals surface area contributed by atoms with Crippen LogP contribution in [0.4, 0.5) is 11.5 Å². The first-order valence-corrected chi connectivity index (χ1v) is 11.4. The number of pyridine rings is 1. The predicted octanol–water partition coefficient (Wildman–Crippen LogP) is 5.48. The maximum absolute atomic E-state index is 12.9. The molecule has 8 heteroatoms. The third-order valence-corrected chi connectivity index (χ3v) is 6.27. The van der Waals surface area contributed by atoms with E-state index < -0.39 is 5.91 Å². The van der Waals surface area contributed by atoms with E-state index in [-0.39, 0.29) is 17.4 Å². The van der Waals surface area contributed by atoms with E-state index in [0.717, 1.165) is 38.8 Å². The fourth-order valence-corrected chi connectivity index (χ4v) is 4.30. The van der Waals surface area contributed by atoms with Crippen molar-refractivity contribution < 1.29 is 9.59 Å². The number of rotatable bonds is 7. The minimum Gasteiger partial charge on any atom is -0.325 e. The summed E-state index contributed by atoms with van der Waals surface area (Å²) in [5.74, 6) is -0.183. The molecule has 166 valence electrons. The van der Waals surface area contributed by atoms with Crippen LogP contribution < -0.4 is 10.6 Å². The van der Waals surface area contributed by atoms with Crippen molar-refractivity contribution >= 4 is 46.5 Å². The molecule has 2 N–H and O–H groups in total. The Bertz CT molecular complexity index is 908. The van der Waals surface area contributed by atoms with Crippen LogP contribution in [-0.2, 0) is 4.79 Å². The molecule has 1 aliphatic rings. The quantitative estimate of drug-likeness (QED) is 0.570. The van der Waals surface area contributed by atoms with Crippen LogP contribution in [0.3, 0.4) is 0 Å². The van der Waals surface area contributed by atoms with Gasteiger partial charge in [-0.25, -0.2) is 4.98 Å². The van der Waals surface area contributed by atoms with Gasteiger partial charge >= 0.3 is 0 Å². The Kier molecular flexibility index (Phi) is 8.29. The van der Waals surface area contributed by atoms with Gasteiger partial charge in [-0.3, -0.25) is 9.59 Å².